The minimum atomic E-state index is 0.825. The molecule has 1 saturated carbocycles. The molecule has 0 heteroatoms. The highest BCUT2D eigenvalue weighted by molar-refractivity contribution is 5.28. The van der Waals surface area contributed by atoms with E-state index in [9.17, 15) is 0 Å². The van der Waals surface area contributed by atoms with Crippen LogP contribution in [0, 0.1) is 13.0 Å². The number of hydrogen-bond acceptors (Lipinski definition) is 0. The van der Waals surface area contributed by atoms with E-state index in [1.807, 2.05) is 6.07 Å². The minimum Gasteiger partial charge on any atom is -0.0584 e. The van der Waals surface area contributed by atoms with Crippen LogP contribution in [0.25, 0.3) is 0 Å². The molecule has 0 heterocycles. The van der Waals surface area contributed by atoms with Gasteiger partial charge in [-0.05, 0) is 42.9 Å². The van der Waals surface area contributed by atoms with Crippen LogP contribution in [0.4, 0.5) is 0 Å². The van der Waals surface area contributed by atoms with Crippen LogP contribution in [0.15, 0.2) is 18.2 Å². The maximum absolute atomic E-state index is 3.20. The Morgan fingerprint density at radius 2 is 2.00 bits per heavy atom. The summed E-state index contributed by atoms with van der Waals surface area (Å²) in [5.74, 6) is 0.825. The number of aryl methyl sites for hydroxylation is 1. The van der Waals surface area contributed by atoms with Gasteiger partial charge in [0.2, 0.25) is 0 Å². The van der Waals surface area contributed by atoms with Gasteiger partial charge in [0.25, 0.3) is 0 Å². The van der Waals surface area contributed by atoms with Crippen molar-refractivity contribution in [2.45, 2.75) is 44.9 Å². The molecular weight excluding hydrogens is 156 g/mol. The van der Waals surface area contributed by atoms with Crippen LogP contribution in [0.5, 0.6) is 0 Å². The van der Waals surface area contributed by atoms with Crippen LogP contribution in [-0.4, -0.2) is 0 Å². The van der Waals surface area contributed by atoms with Gasteiger partial charge in [0.15, 0.2) is 0 Å². The van der Waals surface area contributed by atoms with Gasteiger partial charge in [-0.15, -0.1) is 0 Å². The summed E-state index contributed by atoms with van der Waals surface area (Å²) in [6.45, 7) is 2.22. The lowest BCUT2D eigenvalue weighted by atomic mass is 9.82. The average Bonchev–Trinajstić information content (AvgIpc) is 2.20. The zero-order valence-corrected chi connectivity index (χ0v) is 8.34. The van der Waals surface area contributed by atoms with E-state index in [1.165, 1.54) is 37.7 Å². The topological polar surface area (TPSA) is 0 Å². The SMILES string of the molecule is Cc1cc[c]cc1C1CCCCC1. The molecule has 0 saturated heterocycles. The van der Waals surface area contributed by atoms with Crippen molar-refractivity contribution in [1.29, 1.82) is 0 Å². The van der Waals surface area contributed by atoms with Crippen molar-refractivity contribution in [3.05, 3.63) is 35.4 Å². The van der Waals surface area contributed by atoms with Crippen molar-refractivity contribution in [3.8, 4) is 0 Å². The van der Waals surface area contributed by atoms with Crippen molar-refractivity contribution in [3.63, 3.8) is 0 Å². The quantitative estimate of drug-likeness (QED) is 0.605. The van der Waals surface area contributed by atoms with E-state index >= 15 is 0 Å². The fourth-order valence-electron chi connectivity index (χ4n) is 2.37. The zero-order chi connectivity index (χ0) is 9.10. The molecule has 0 bridgehead atoms. The maximum Gasteiger partial charge on any atom is -0.0159 e. The van der Waals surface area contributed by atoms with E-state index < -0.39 is 0 Å². The predicted molar refractivity (Wildman–Crippen MR) is 55.8 cm³/mol. The van der Waals surface area contributed by atoms with Gasteiger partial charge < -0.3 is 0 Å². The highest BCUT2D eigenvalue weighted by Crippen LogP contribution is 2.33. The molecule has 0 amide bonds. The first kappa shape index (κ1) is 8.80. The van der Waals surface area contributed by atoms with E-state index in [0.717, 1.165) is 5.92 Å². The average molecular weight is 173 g/mol. The first-order chi connectivity index (χ1) is 6.38. The molecule has 0 atom stereocenters. The van der Waals surface area contributed by atoms with E-state index in [0.29, 0.717) is 0 Å². The van der Waals surface area contributed by atoms with Crippen molar-refractivity contribution in [1.82, 2.24) is 0 Å². The lowest BCUT2D eigenvalue weighted by Crippen LogP contribution is -2.05. The fraction of sp³-hybridized carbons (Fsp3) is 0.538. The molecule has 69 valence electrons. The third kappa shape index (κ3) is 1.93. The normalized spacial score (nSPS) is 18.8. The Hall–Kier alpha value is -0.780. The minimum absolute atomic E-state index is 0.825. The molecule has 0 nitrogen and oxygen atoms in total. The summed E-state index contributed by atoms with van der Waals surface area (Å²) in [6, 6.07) is 9.58. The highest BCUT2D eigenvalue weighted by atomic mass is 14.2. The van der Waals surface area contributed by atoms with Crippen molar-refractivity contribution in [2.24, 2.45) is 0 Å². The Morgan fingerprint density at radius 1 is 1.23 bits per heavy atom. The summed E-state index contributed by atoms with van der Waals surface area (Å²) < 4.78 is 0. The highest BCUT2D eigenvalue weighted by Gasteiger charge is 2.16. The van der Waals surface area contributed by atoms with E-state index in [4.69, 9.17) is 0 Å². The van der Waals surface area contributed by atoms with Crippen LogP contribution in [0.2, 0.25) is 0 Å². The second-order valence-electron chi connectivity index (χ2n) is 4.12. The molecule has 1 radical (unpaired) electrons. The van der Waals surface area contributed by atoms with Gasteiger partial charge in [0.05, 0.1) is 0 Å². The van der Waals surface area contributed by atoms with E-state index in [2.05, 4.69) is 25.1 Å². The molecular formula is C13H17. The van der Waals surface area contributed by atoms with Gasteiger partial charge in [-0.3, -0.25) is 0 Å². The Morgan fingerprint density at radius 3 is 2.69 bits per heavy atom. The lowest BCUT2D eigenvalue weighted by molar-refractivity contribution is 0.442. The molecule has 0 N–H and O–H groups in total. The first-order valence-electron chi connectivity index (χ1n) is 5.34. The van der Waals surface area contributed by atoms with Crippen LogP contribution in [-0.2, 0) is 0 Å². The molecule has 0 aromatic heterocycles. The molecule has 2 rings (SSSR count). The second-order valence-corrected chi connectivity index (χ2v) is 4.12. The summed E-state index contributed by atoms with van der Waals surface area (Å²) >= 11 is 0. The van der Waals surface area contributed by atoms with Crippen LogP contribution >= 0.6 is 0 Å². The zero-order valence-electron chi connectivity index (χ0n) is 8.34. The standard InChI is InChI=1S/C13H17/c1-11-7-5-6-10-13(11)12-8-3-2-4-9-12/h5,7,10,12H,2-4,8-9H2,1H3. The third-order valence-corrected chi connectivity index (χ3v) is 3.17. The van der Waals surface area contributed by atoms with E-state index in [1.54, 1.807) is 5.56 Å². The summed E-state index contributed by atoms with van der Waals surface area (Å²) in [6.07, 6.45) is 7.04. The Balaban J connectivity index is 2.18. The molecule has 1 aliphatic carbocycles. The third-order valence-electron chi connectivity index (χ3n) is 3.17. The molecule has 0 spiro atoms. The van der Waals surface area contributed by atoms with Gasteiger partial charge in [0.1, 0.15) is 0 Å². The second kappa shape index (κ2) is 3.95. The van der Waals surface area contributed by atoms with Crippen LogP contribution < -0.4 is 0 Å². The molecule has 1 aromatic rings. The summed E-state index contributed by atoms with van der Waals surface area (Å²) in [4.78, 5) is 0. The smallest absolute Gasteiger partial charge is 0.0159 e. The van der Waals surface area contributed by atoms with Gasteiger partial charge in [-0.1, -0.05) is 37.5 Å². The van der Waals surface area contributed by atoms with Crippen LogP contribution in [0.1, 0.15) is 49.1 Å². The summed E-state index contributed by atoms with van der Waals surface area (Å²) in [7, 11) is 0. The molecule has 0 aliphatic heterocycles. The number of hydrogen-bond donors (Lipinski definition) is 0. The van der Waals surface area contributed by atoms with Crippen LogP contribution in [0.3, 0.4) is 0 Å². The van der Waals surface area contributed by atoms with Crippen molar-refractivity contribution in [2.75, 3.05) is 0 Å². The van der Waals surface area contributed by atoms with Gasteiger partial charge in [-0.2, -0.15) is 0 Å². The Kier molecular flexibility index (Phi) is 2.68. The van der Waals surface area contributed by atoms with Crippen molar-refractivity contribution >= 4 is 0 Å². The molecule has 1 fully saturated rings. The lowest BCUT2D eigenvalue weighted by Gasteiger charge is -2.23. The first-order valence-corrected chi connectivity index (χ1v) is 5.34. The maximum atomic E-state index is 3.20. The largest absolute Gasteiger partial charge is 0.0584 e. The van der Waals surface area contributed by atoms with Gasteiger partial charge in [0, 0.05) is 0 Å². The Bertz CT molecular complexity index is 269. The summed E-state index contributed by atoms with van der Waals surface area (Å²) in [5.41, 5.74) is 2.99. The van der Waals surface area contributed by atoms with Gasteiger partial charge in [-0.25, -0.2) is 0 Å². The predicted octanol–water partition coefficient (Wildman–Crippen LogP) is 3.84. The summed E-state index contributed by atoms with van der Waals surface area (Å²) in [5, 5.41) is 0. The molecule has 13 heavy (non-hydrogen) atoms. The Labute approximate surface area is 81.0 Å². The molecule has 1 aromatic carbocycles. The van der Waals surface area contributed by atoms with Gasteiger partial charge >= 0.3 is 0 Å². The fourth-order valence-corrected chi connectivity index (χ4v) is 2.37. The number of benzene rings is 1. The monoisotopic (exact) mass is 173 g/mol. The number of rotatable bonds is 1. The molecule has 1 aliphatic rings. The molecule has 0 unspecified atom stereocenters. The van der Waals surface area contributed by atoms with Crippen molar-refractivity contribution < 1.29 is 0 Å². The van der Waals surface area contributed by atoms with E-state index in [-0.39, 0.29) is 0 Å².